The molecular formula is C23H27N3O2. The number of aryl methyl sites for hydroxylation is 1. The van der Waals surface area contributed by atoms with Crippen LogP contribution in [0.2, 0.25) is 0 Å². The normalized spacial score (nSPS) is 10.0. The van der Waals surface area contributed by atoms with Crippen molar-refractivity contribution in [3.8, 4) is 0 Å². The molecule has 0 saturated carbocycles. The average Bonchev–Trinajstić information content (AvgIpc) is 2.71. The van der Waals surface area contributed by atoms with Gasteiger partial charge in [0.25, 0.3) is 0 Å². The largest absolute Gasteiger partial charge is 0.376 e. The van der Waals surface area contributed by atoms with Crippen LogP contribution >= 0.6 is 0 Å². The average molecular weight is 377 g/mol. The fourth-order valence-electron chi connectivity index (χ4n) is 2.71. The molecule has 0 heterocycles. The molecule has 2 amide bonds. The van der Waals surface area contributed by atoms with Gasteiger partial charge in [-0.1, -0.05) is 48.6 Å². The molecule has 0 unspecified atom stereocenters. The molecule has 5 nitrogen and oxygen atoms in total. The lowest BCUT2D eigenvalue weighted by atomic mass is 10.1. The summed E-state index contributed by atoms with van der Waals surface area (Å²) in [6.45, 7) is 8.45. The minimum Gasteiger partial charge on any atom is -0.376 e. The number of carbonyl (C=O) groups is 2. The molecule has 0 aliphatic rings. The Morgan fingerprint density at radius 2 is 1.61 bits per heavy atom. The highest BCUT2D eigenvalue weighted by atomic mass is 16.2. The summed E-state index contributed by atoms with van der Waals surface area (Å²) >= 11 is 0. The van der Waals surface area contributed by atoms with Gasteiger partial charge < -0.3 is 15.5 Å². The summed E-state index contributed by atoms with van der Waals surface area (Å²) in [5, 5.41) is 6.00. The molecule has 28 heavy (non-hydrogen) atoms. The number of hydrogen-bond donors (Lipinski definition) is 2. The van der Waals surface area contributed by atoms with Gasteiger partial charge in [-0.05, 0) is 30.2 Å². The lowest BCUT2D eigenvalue weighted by Crippen LogP contribution is -2.35. The Kier molecular flexibility index (Phi) is 8.53. The number of anilines is 2. The Balaban J connectivity index is 1.85. The molecule has 0 saturated heterocycles. The quantitative estimate of drug-likeness (QED) is 0.585. The van der Waals surface area contributed by atoms with Gasteiger partial charge in [-0.3, -0.25) is 9.59 Å². The van der Waals surface area contributed by atoms with Crippen molar-refractivity contribution in [2.75, 3.05) is 30.3 Å². The predicted molar refractivity (Wildman–Crippen MR) is 115 cm³/mol. The van der Waals surface area contributed by atoms with E-state index < -0.39 is 0 Å². The third kappa shape index (κ3) is 7.11. The highest BCUT2D eigenvalue weighted by Gasteiger charge is 2.10. The zero-order valence-electron chi connectivity index (χ0n) is 16.1. The summed E-state index contributed by atoms with van der Waals surface area (Å²) in [7, 11) is 0. The summed E-state index contributed by atoms with van der Waals surface area (Å²) in [5.74, 6) is -0.0858. The van der Waals surface area contributed by atoms with E-state index in [2.05, 4.69) is 23.8 Å². The highest BCUT2D eigenvalue weighted by molar-refractivity contribution is 5.91. The van der Waals surface area contributed by atoms with E-state index in [1.54, 1.807) is 17.1 Å². The number of carbonyl (C=O) groups excluding carboxylic acids is 2. The molecule has 0 aliphatic heterocycles. The molecule has 0 radical (unpaired) electrons. The van der Waals surface area contributed by atoms with E-state index in [4.69, 9.17) is 0 Å². The van der Waals surface area contributed by atoms with Crippen LogP contribution < -0.4 is 10.6 Å². The first kappa shape index (κ1) is 21.0. The van der Waals surface area contributed by atoms with Gasteiger partial charge in [0.1, 0.15) is 0 Å². The predicted octanol–water partition coefficient (Wildman–Crippen LogP) is 3.87. The lowest BCUT2D eigenvalue weighted by Gasteiger charge is -2.20. The van der Waals surface area contributed by atoms with E-state index in [1.165, 1.54) is 0 Å². The van der Waals surface area contributed by atoms with Crippen LogP contribution in [-0.4, -0.2) is 36.3 Å². The number of nitrogens with one attached hydrogen (secondary N) is 2. The van der Waals surface area contributed by atoms with Crippen LogP contribution in [-0.2, 0) is 16.0 Å². The standard InChI is InChI=1S/C23H27N3O2/c1-3-15-26(16-4-2)23(28)18-24-20-11-8-12-21(17-20)25-22(27)14-13-19-9-6-5-7-10-19/h3-12,17,24H,1-2,13-16,18H2,(H,25,27). The Labute approximate surface area is 166 Å². The van der Waals surface area contributed by atoms with E-state index in [-0.39, 0.29) is 18.4 Å². The molecule has 2 aromatic rings. The molecule has 2 rings (SSSR count). The number of rotatable bonds is 11. The minimum absolute atomic E-state index is 0.0415. The lowest BCUT2D eigenvalue weighted by molar-refractivity contribution is -0.128. The Morgan fingerprint density at radius 3 is 2.29 bits per heavy atom. The first-order valence-corrected chi connectivity index (χ1v) is 9.29. The van der Waals surface area contributed by atoms with Gasteiger partial charge in [0.05, 0.1) is 6.54 Å². The zero-order valence-corrected chi connectivity index (χ0v) is 16.1. The number of hydrogen-bond acceptors (Lipinski definition) is 3. The molecule has 2 aromatic carbocycles. The van der Waals surface area contributed by atoms with Crippen LogP contribution in [0.5, 0.6) is 0 Å². The molecule has 0 bridgehead atoms. The first-order chi connectivity index (χ1) is 13.6. The molecule has 0 atom stereocenters. The van der Waals surface area contributed by atoms with Gasteiger partial charge in [-0.15, -0.1) is 13.2 Å². The van der Waals surface area contributed by atoms with E-state index in [1.807, 2.05) is 54.6 Å². The summed E-state index contributed by atoms with van der Waals surface area (Å²) in [6.07, 6.45) is 4.49. The van der Waals surface area contributed by atoms with E-state index in [0.717, 1.165) is 11.3 Å². The maximum Gasteiger partial charge on any atom is 0.242 e. The monoisotopic (exact) mass is 377 g/mol. The topological polar surface area (TPSA) is 61.4 Å². The number of nitrogens with zero attached hydrogens (tertiary/aromatic N) is 1. The van der Waals surface area contributed by atoms with Crippen molar-refractivity contribution in [1.82, 2.24) is 4.90 Å². The fourth-order valence-corrected chi connectivity index (χ4v) is 2.71. The molecule has 5 heteroatoms. The molecule has 0 aromatic heterocycles. The van der Waals surface area contributed by atoms with Gasteiger partial charge in [0.15, 0.2) is 0 Å². The van der Waals surface area contributed by atoms with Gasteiger partial charge in [0.2, 0.25) is 11.8 Å². The van der Waals surface area contributed by atoms with Crippen molar-refractivity contribution in [1.29, 1.82) is 0 Å². The second-order valence-corrected chi connectivity index (χ2v) is 6.34. The van der Waals surface area contributed by atoms with Gasteiger partial charge in [0, 0.05) is 30.9 Å². The molecule has 2 N–H and O–H groups in total. The van der Waals surface area contributed by atoms with E-state index in [9.17, 15) is 9.59 Å². The summed E-state index contributed by atoms with van der Waals surface area (Å²) in [5.41, 5.74) is 2.60. The third-order valence-corrected chi connectivity index (χ3v) is 4.13. The smallest absolute Gasteiger partial charge is 0.242 e. The Bertz CT molecular complexity index is 793. The van der Waals surface area contributed by atoms with Gasteiger partial charge in [-0.2, -0.15) is 0 Å². The highest BCUT2D eigenvalue weighted by Crippen LogP contribution is 2.15. The maximum absolute atomic E-state index is 12.3. The second-order valence-electron chi connectivity index (χ2n) is 6.34. The Hall–Kier alpha value is -3.34. The number of benzene rings is 2. The summed E-state index contributed by atoms with van der Waals surface area (Å²) < 4.78 is 0. The summed E-state index contributed by atoms with van der Waals surface area (Å²) in [4.78, 5) is 26.1. The number of amides is 2. The van der Waals surface area contributed by atoms with Crippen LogP contribution in [0.4, 0.5) is 11.4 Å². The van der Waals surface area contributed by atoms with Gasteiger partial charge in [-0.25, -0.2) is 0 Å². The molecule has 146 valence electrons. The van der Waals surface area contributed by atoms with Crippen molar-refractivity contribution < 1.29 is 9.59 Å². The SMILES string of the molecule is C=CCN(CC=C)C(=O)CNc1cccc(NC(=O)CCc2ccccc2)c1. The molecule has 0 fully saturated rings. The van der Waals surface area contributed by atoms with Crippen LogP contribution in [0, 0.1) is 0 Å². The van der Waals surface area contributed by atoms with E-state index in [0.29, 0.717) is 31.6 Å². The van der Waals surface area contributed by atoms with Crippen molar-refractivity contribution >= 4 is 23.2 Å². The third-order valence-electron chi connectivity index (χ3n) is 4.13. The fraction of sp³-hybridized carbons (Fsp3) is 0.217. The zero-order chi connectivity index (χ0) is 20.2. The van der Waals surface area contributed by atoms with Crippen LogP contribution in [0.3, 0.4) is 0 Å². The maximum atomic E-state index is 12.3. The van der Waals surface area contributed by atoms with Crippen LogP contribution in [0.15, 0.2) is 79.9 Å². The van der Waals surface area contributed by atoms with Crippen LogP contribution in [0.1, 0.15) is 12.0 Å². The van der Waals surface area contributed by atoms with Crippen LogP contribution in [0.25, 0.3) is 0 Å². The van der Waals surface area contributed by atoms with Crippen molar-refractivity contribution in [2.24, 2.45) is 0 Å². The minimum atomic E-state index is -0.0444. The Morgan fingerprint density at radius 1 is 0.929 bits per heavy atom. The summed E-state index contributed by atoms with van der Waals surface area (Å²) in [6, 6.07) is 17.3. The van der Waals surface area contributed by atoms with Gasteiger partial charge >= 0.3 is 0 Å². The van der Waals surface area contributed by atoms with Crippen molar-refractivity contribution in [3.05, 3.63) is 85.5 Å². The molecule has 0 aliphatic carbocycles. The molecular weight excluding hydrogens is 350 g/mol. The first-order valence-electron chi connectivity index (χ1n) is 9.29. The molecule has 0 spiro atoms. The van der Waals surface area contributed by atoms with Crippen molar-refractivity contribution in [3.63, 3.8) is 0 Å². The second kappa shape index (κ2) is 11.4. The van der Waals surface area contributed by atoms with Crippen molar-refractivity contribution in [2.45, 2.75) is 12.8 Å². The van der Waals surface area contributed by atoms with E-state index >= 15 is 0 Å².